The SMILES string of the molecule is CC(CC1(C2(CC(C)C(=O)OCC3CCC(CO)CC3)c3ccccc3-c3ccccc32)c2ccccc2-c2ccccc21)C(=O)OCC1CCC(CO)CC1. The van der Waals surface area contributed by atoms with E-state index >= 15 is 0 Å². The Bertz CT molecular complexity index is 1780. The third kappa shape index (κ3) is 6.71. The van der Waals surface area contributed by atoms with E-state index in [2.05, 4.69) is 97.1 Å². The maximum absolute atomic E-state index is 14.3. The van der Waals surface area contributed by atoms with Gasteiger partial charge in [0, 0.05) is 24.0 Å². The Morgan fingerprint density at radius 1 is 0.500 bits per heavy atom. The summed E-state index contributed by atoms with van der Waals surface area (Å²) >= 11 is 0. The minimum atomic E-state index is -0.738. The van der Waals surface area contributed by atoms with E-state index in [1.165, 1.54) is 44.5 Å². The third-order valence-corrected chi connectivity index (χ3v) is 14.3. The standard InChI is InChI=1S/C50H58O6/c1-33(47(53)55-31-37-23-19-35(29-51)20-24-37)27-49(43-15-7-3-11-39(43)40-12-4-8-16-44(40)49)50(45-17-9-5-13-41(45)42-14-6-10-18-46(42)50)28-34(2)48(54)56-32-38-25-21-36(30-52)22-26-38/h3-18,33-38,51-52H,19-32H2,1-2H3. The Kier molecular flexibility index (Phi) is 11.2. The number of ether oxygens (including phenoxy) is 2. The van der Waals surface area contributed by atoms with Crippen LogP contribution in [0.2, 0.25) is 0 Å². The van der Waals surface area contributed by atoms with Crippen LogP contribution in [0.25, 0.3) is 22.3 Å². The number of hydrogen-bond donors (Lipinski definition) is 2. The molecule has 2 atom stereocenters. The highest BCUT2D eigenvalue weighted by atomic mass is 16.5. The number of benzene rings is 4. The number of aliphatic hydroxyl groups excluding tert-OH is 2. The van der Waals surface area contributed by atoms with E-state index in [-0.39, 0.29) is 25.2 Å². The Hall–Kier alpha value is -4.26. The number of fused-ring (bicyclic) bond motifs is 6. The highest BCUT2D eigenvalue weighted by Crippen LogP contribution is 2.68. The van der Waals surface area contributed by atoms with Crippen molar-refractivity contribution in [3.05, 3.63) is 119 Å². The Morgan fingerprint density at radius 2 is 0.768 bits per heavy atom. The molecule has 0 radical (unpaired) electrons. The van der Waals surface area contributed by atoms with Gasteiger partial charge < -0.3 is 19.7 Å². The van der Waals surface area contributed by atoms with E-state index < -0.39 is 22.7 Å². The van der Waals surface area contributed by atoms with Crippen molar-refractivity contribution < 1.29 is 29.3 Å². The lowest BCUT2D eigenvalue weighted by atomic mass is 9.49. The fourth-order valence-corrected chi connectivity index (χ4v) is 11.3. The topological polar surface area (TPSA) is 93.1 Å². The van der Waals surface area contributed by atoms with Crippen molar-refractivity contribution in [2.75, 3.05) is 26.4 Å². The van der Waals surface area contributed by atoms with E-state index in [0.29, 0.717) is 49.7 Å². The lowest BCUT2D eigenvalue weighted by Crippen LogP contribution is -2.52. The molecule has 294 valence electrons. The molecule has 2 saturated carbocycles. The summed E-state index contributed by atoms with van der Waals surface area (Å²) in [4.78, 5) is 28.7. The van der Waals surface area contributed by atoms with E-state index in [0.717, 1.165) is 51.4 Å². The van der Waals surface area contributed by atoms with E-state index in [4.69, 9.17) is 9.47 Å². The normalized spacial score (nSPS) is 23.9. The van der Waals surface area contributed by atoms with Crippen molar-refractivity contribution >= 4 is 11.9 Å². The molecular weight excluding hydrogens is 697 g/mol. The van der Waals surface area contributed by atoms with Gasteiger partial charge in [-0.1, -0.05) is 111 Å². The van der Waals surface area contributed by atoms with Crippen LogP contribution in [0.5, 0.6) is 0 Å². The molecular formula is C50H58O6. The summed E-state index contributed by atoms with van der Waals surface area (Å²) in [5.74, 6) is 0.0560. The van der Waals surface area contributed by atoms with Gasteiger partial charge >= 0.3 is 11.9 Å². The number of carbonyl (C=O) groups excluding carboxylic acids is 2. The van der Waals surface area contributed by atoms with Crippen LogP contribution in [-0.4, -0.2) is 48.6 Å². The lowest BCUT2D eigenvalue weighted by Gasteiger charge is -2.51. The van der Waals surface area contributed by atoms with Gasteiger partial charge in [-0.05, 0) is 132 Å². The predicted molar refractivity (Wildman–Crippen MR) is 220 cm³/mol. The number of carbonyl (C=O) groups is 2. The summed E-state index contributed by atoms with van der Waals surface area (Å²) in [7, 11) is 0. The average molecular weight is 755 g/mol. The maximum Gasteiger partial charge on any atom is 0.308 e. The second kappa shape index (κ2) is 16.3. The molecule has 0 heterocycles. The van der Waals surface area contributed by atoms with Crippen molar-refractivity contribution in [3.8, 4) is 22.3 Å². The zero-order valence-corrected chi connectivity index (χ0v) is 33.1. The minimum Gasteiger partial charge on any atom is -0.465 e. The quantitative estimate of drug-likeness (QED) is 0.132. The summed E-state index contributed by atoms with van der Waals surface area (Å²) in [5.41, 5.74) is 7.89. The molecule has 2 fully saturated rings. The number of aliphatic hydroxyl groups is 2. The first-order chi connectivity index (χ1) is 27.3. The molecule has 0 bridgehead atoms. The van der Waals surface area contributed by atoms with Crippen LogP contribution in [0, 0.1) is 35.5 Å². The van der Waals surface area contributed by atoms with Gasteiger partial charge in [-0.15, -0.1) is 0 Å². The van der Waals surface area contributed by atoms with Crippen LogP contribution >= 0.6 is 0 Å². The first-order valence-electron chi connectivity index (χ1n) is 21.2. The van der Waals surface area contributed by atoms with Gasteiger partial charge in [-0.25, -0.2) is 0 Å². The molecule has 6 nitrogen and oxygen atoms in total. The molecule has 4 aliphatic carbocycles. The monoisotopic (exact) mass is 754 g/mol. The van der Waals surface area contributed by atoms with Crippen molar-refractivity contribution in [2.45, 2.75) is 88.9 Å². The average Bonchev–Trinajstić information content (AvgIpc) is 3.70. The van der Waals surface area contributed by atoms with Crippen molar-refractivity contribution in [1.29, 1.82) is 0 Å². The van der Waals surface area contributed by atoms with Crippen LogP contribution in [0.15, 0.2) is 97.1 Å². The van der Waals surface area contributed by atoms with Gasteiger partial charge in [0.2, 0.25) is 0 Å². The Balaban J connectivity index is 1.22. The molecule has 6 heteroatoms. The van der Waals surface area contributed by atoms with Crippen LogP contribution in [0.3, 0.4) is 0 Å². The summed E-state index contributed by atoms with van der Waals surface area (Å²) in [6, 6.07) is 34.8. The number of hydrogen-bond acceptors (Lipinski definition) is 6. The molecule has 56 heavy (non-hydrogen) atoms. The molecule has 4 aromatic carbocycles. The van der Waals surface area contributed by atoms with Gasteiger partial charge in [0.1, 0.15) is 0 Å². The predicted octanol–water partition coefficient (Wildman–Crippen LogP) is 9.66. The van der Waals surface area contributed by atoms with Gasteiger partial charge in [0.15, 0.2) is 0 Å². The van der Waals surface area contributed by atoms with Crippen LogP contribution in [0.4, 0.5) is 0 Å². The summed E-state index contributed by atoms with van der Waals surface area (Å²) in [6.07, 6.45) is 8.73. The zero-order valence-electron chi connectivity index (χ0n) is 33.1. The fourth-order valence-electron chi connectivity index (χ4n) is 11.3. The molecule has 0 spiro atoms. The third-order valence-electron chi connectivity index (χ3n) is 14.3. The fraction of sp³-hybridized carbons (Fsp3) is 0.480. The number of rotatable bonds is 13. The smallest absolute Gasteiger partial charge is 0.308 e. The van der Waals surface area contributed by atoms with Crippen LogP contribution < -0.4 is 0 Å². The molecule has 2 N–H and O–H groups in total. The van der Waals surface area contributed by atoms with E-state index in [9.17, 15) is 19.8 Å². The lowest BCUT2D eigenvalue weighted by molar-refractivity contribution is -0.152. The maximum atomic E-state index is 14.3. The molecule has 4 aliphatic rings. The van der Waals surface area contributed by atoms with Gasteiger partial charge in [-0.3, -0.25) is 9.59 Å². The van der Waals surface area contributed by atoms with E-state index in [1.807, 2.05) is 13.8 Å². The van der Waals surface area contributed by atoms with Crippen molar-refractivity contribution in [1.82, 2.24) is 0 Å². The zero-order chi connectivity index (χ0) is 38.9. The van der Waals surface area contributed by atoms with E-state index in [1.54, 1.807) is 0 Å². The summed E-state index contributed by atoms with van der Waals surface area (Å²) < 4.78 is 12.4. The second-order valence-corrected chi connectivity index (χ2v) is 17.6. The highest BCUT2D eigenvalue weighted by molar-refractivity contribution is 5.90. The second-order valence-electron chi connectivity index (χ2n) is 17.6. The first-order valence-corrected chi connectivity index (χ1v) is 21.2. The number of esters is 2. The molecule has 8 rings (SSSR count). The Labute approximate surface area is 332 Å². The van der Waals surface area contributed by atoms with Crippen molar-refractivity contribution in [3.63, 3.8) is 0 Å². The summed E-state index contributed by atoms with van der Waals surface area (Å²) in [6.45, 7) is 5.32. The highest BCUT2D eigenvalue weighted by Gasteiger charge is 2.63. The molecule has 0 saturated heterocycles. The summed E-state index contributed by atoms with van der Waals surface area (Å²) in [5, 5.41) is 19.3. The van der Waals surface area contributed by atoms with Crippen LogP contribution in [0.1, 0.15) is 100 Å². The Morgan fingerprint density at radius 3 is 1.05 bits per heavy atom. The van der Waals surface area contributed by atoms with Crippen LogP contribution in [-0.2, 0) is 29.9 Å². The molecule has 0 amide bonds. The minimum absolute atomic E-state index is 0.186. The largest absolute Gasteiger partial charge is 0.465 e. The van der Waals surface area contributed by atoms with Gasteiger partial charge in [0.05, 0.1) is 25.0 Å². The first kappa shape index (κ1) is 38.6. The van der Waals surface area contributed by atoms with Gasteiger partial charge in [0.25, 0.3) is 0 Å². The molecule has 0 aliphatic heterocycles. The molecule has 4 aromatic rings. The van der Waals surface area contributed by atoms with Gasteiger partial charge in [-0.2, -0.15) is 0 Å². The van der Waals surface area contributed by atoms with Crippen molar-refractivity contribution in [2.24, 2.45) is 35.5 Å². The molecule has 2 unspecified atom stereocenters. The molecule has 0 aromatic heterocycles.